The van der Waals surface area contributed by atoms with Gasteiger partial charge in [-0.2, -0.15) is 4.52 Å². The summed E-state index contributed by atoms with van der Waals surface area (Å²) in [4.78, 5) is 12.3. The van der Waals surface area contributed by atoms with Crippen molar-refractivity contribution in [2.24, 2.45) is 0 Å². The lowest BCUT2D eigenvalue weighted by Crippen LogP contribution is -2.38. The van der Waals surface area contributed by atoms with Gasteiger partial charge in [-0.15, -0.1) is 15.3 Å². The number of nitrogens with one attached hydrogen (secondary N) is 1. The number of amides is 1. The van der Waals surface area contributed by atoms with Crippen LogP contribution in [0.1, 0.15) is 18.1 Å². The molecule has 1 atom stereocenters. The molecule has 170 valence electrons. The Morgan fingerprint density at radius 1 is 1.09 bits per heavy atom. The first-order valence-corrected chi connectivity index (χ1v) is 10.9. The highest BCUT2D eigenvalue weighted by Gasteiger charge is 2.15. The number of hydrogen-bond donors (Lipinski definition) is 1. The van der Waals surface area contributed by atoms with Crippen LogP contribution >= 0.6 is 11.6 Å². The molecular formula is C24H24ClN5O3. The Morgan fingerprint density at radius 3 is 2.70 bits per heavy atom. The average molecular weight is 466 g/mol. The molecule has 4 aromatic rings. The Kier molecular flexibility index (Phi) is 6.74. The number of fused-ring (bicyclic) bond motifs is 1. The number of ether oxygens (including phenoxy) is 2. The number of hydrogen-bond acceptors (Lipinski definition) is 6. The minimum absolute atomic E-state index is 0.222. The largest absolute Gasteiger partial charge is 0.481 e. The molecule has 1 unspecified atom stereocenters. The molecule has 0 aliphatic rings. The third-order valence-electron chi connectivity index (χ3n) is 5.16. The van der Waals surface area contributed by atoms with Crippen LogP contribution in [0.4, 0.5) is 0 Å². The summed E-state index contributed by atoms with van der Waals surface area (Å²) in [6, 6.07) is 16.6. The fourth-order valence-corrected chi connectivity index (χ4v) is 3.40. The van der Waals surface area contributed by atoms with Gasteiger partial charge < -0.3 is 14.8 Å². The second kappa shape index (κ2) is 9.87. The minimum Gasteiger partial charge on any atom is -0.481 e. The van der Waals surface area contributed by atoms with Gasteiger partial charge in [0.2, 0.25) is 5.88 Å². The topological polar surface area (TPSA) is 90.6 Å². The van der Waals surface area contributed by atoms with E-state index >= 15 is 0 Å². The van der Waals surface area contributed by atoms with Gasteiger partial charge in [-0.3, -0.25) is 4.79 Å². The summed E-state index contributed by atoms with van der Waals surface area (Å²) in [6.07, 6.45) is -0.628. The molecule has 33 heavy (non-hydrogen) atoms. The smallest absolute Gasteiger partial charge is 0.260 e. The Hall–Kier alpha value is -3.65. The van der Waals surface area contributed by atoms with Crippen molar-refractivity contribution in [2.75, 3.05) is 13.2 Å². The second-order valence-electron chi connectivity index (χ2n) is 7.59. The average Bonchev–Trinajstić information content (AvgIpc) is 3.22. The first kappa shape index (κ1) is 22.5. The first-order valence-electron chi connectivity index (χ1n) is 10.5. The highest BCUT2D eigenvalue weighted by Crippen LogP contribution is 2.26. The molecule has 9 heteroatoms. The van der Waals surface area contributed by atoms with E-state index in [1.165, 1.54) is 5.56 Å². The number of rotatable bonds is 8. The Labute approximate surface area is 196 Å². The number of carbonyl (C=O) groups excluding carboxylic acids is 1. The molecule has 2 aromatic heterocycles. The molecule has 0 aliphatic heterocycles. The van der Waals surface area contributed by atoms with Crippen LogP contribution in [-0.2, 0) is 4.79 Å². The summed E-state index contributed by atoms with van der Waals surface area (Å²) in [6.45, 7) is 6.29. The Balaban J connectivity index is 1.32. The Morgan fingerprint density at radius 2 is 1.91 bits per heavy atom. The van der Waals surface area contributed by atoms with Crippen LogP contribution in [0.25, 0.3) is 17.0 Å². The number of carbonyl (C=O) groups is 1. The fourth-order valence-electron chi connectivity index (χ4n) is 3.18. The zero-order valence-electron chi connectivity index (χ0n) is 18.6. The lowest BCUT2D eigenvalue weighted by Gasteiger charge is -2.15. The van der Waals surface area contributed by atoms with Crippen molar-refractivity contribution < 1.29 is 14.3 Å². The molecule has 2 heterocycles. The van der Waals surface area contributed by atoms with Crippen LogP contribution in [0, 0.1) is 13.8 Å². The molecule has 0 saturated heterocycles. The highest BCUT2D eigenvalue weighted by atomic mass is 35.5. The number of aromatic nitrogens is 4. The monoisotopic (exact) mass is 465 g/mol. The van der Waals surface area contributed by atoms with Crippen molar-refractivity contribution in [3.8, 4) is 23.0 Å². The number of halogens is 1. The molecular weight excluding hydrogens is 442 g/mol. The molecule has 1 N–H and O–H groups in total. The van der Waals surface area contributed by atoms with Gasteiger partial charge >= 0.3 is 0 Å². The molecule has 0 aliphatic carbocycles. The maximum atomic E-state index is 12.3. The predicted octanol–water partition coefficient (Wildman–Crippen LogP) is 4.02. The van der Waals surface area contributed by atoms with Crippen molar-refractivity contribution >= 4 is 23.2 Å². The molecule has 0 saturated carbocycles. The van der Waals surface area contributed by atoms with E-state index in [-0.39, 0.29) is 12.5 Å². The van der Waals surface area contributed by atoms with Crippen LogP contribution in [0.15, 0.2) is 54.6 Å². The van der Waals surface area contributed by atoms with Crippen LogP contribution < -0.4 is 14.8 Å². The van der Waals surface area contributed by atoms with E-state index in [4.69, 9.17) is 21.1 Å². The Bertz CT molecular complexity index is 1290. The molecule has 2 aromatic carbocycles. The molecule has 0 fully saturated rings. The van der Waals surface area contributed by atoms with Crippen LogP contribution in [0.3, 0.4) is 0 Å². The zero-order chi connectivity index (χ0) is 23.4. The summed E-state index contributed by atoms with van der Waals surface area (Å²) in [7, 11) is 0. The maximum Gasteiger partial charge on any atom is 0.260 e. The van der Waals surface area contributed by atoms with E-state index in [0.29, 0.717) is 34.7 Å². The van der Waals surface area contributed by atoms with Gasteiger partial charge in [-0.05, 0) is 62.2 Å². The third kappa shape index (κ3) is 5.23. The van der Waals surface area contributed by atoms with Crippen molar-refractivity contribution in [1.29, 1.82) is 0 Å². The van der Waals surface area contributed by atoms with Crippen LogP contribution in [0.2, 0.25) is 5.02 Å². The maximum absolute atomic E-state index is 12.3. The van der Waals surface area contributed by atoms with E-state index < -0.39 is 6.10 Å². The first-order chi connectivity index (χ1) is 15.9. The number of benzene rings is 2. The van der Waals surface area contributed by atoms with E-state index in [2.05, 4.69) is 20.6 Å². The fraction of sp³-hybridized carbons (Fsp3) is 0.250. The third-order valence-corrected chi connectivity index (χ3v) is 5.49. The summed E-state index contributed by atoms with van der Waals surface area (Å²) in [5.41, 5.74) is 3.59. The SMILES string of the molecule is Cc1ccc(OC(C)C(=O)NCCOc2ccc3nnc(-c4ccccc4Cl)n3n2)cc1C. The van der Waals surface area contributed by atoms with Gasteiger partial charge in [0.15, 0.2) is 17.6 Å². The summed E-state index contributed by atoms with van der Waals surface area (Å²) in [5.74, 6) is 1.34. The minimum atomic E-state index is -0.628. The summed E-state index contributed by atoms with van der Waals surface area (Å²) in [5, 5.41) is 16.1. The molecule has 0 spiro atoms. The van der Waals surface area contributed by atoms with Gasteiger partial charge in [0.05, 0.1) is 11.6 Å². The number of nitrogens with zero attached hydrogens (tertiary/aromatic N) is 4. The zero-order valence-corrected chi connectivity index (χ0v) is 19.3. The van der Waals surface area contributed by atoms with E-state index in [0.717, 1.165) is 11.1 Å². The van der Waals surface area contributed by atoms with Crippen molar-refractivity contribution in [2.45, 2.75) is 26.9 Å². The molecule has 8 nitrogen and oxygen atoms in total. The normalized spacial score (nSPS) is 11.9. The van der Waals surface area contributed by atoms with Crippen molar-refractivity contribution in [1.82, 2.24) is 25.1 Å². The lowest BCUT2D eigenvalue weighted by atomic mass is 10.1. The number of aryl methyl sites for hydroxylation is 2. The van der Waals surface area contributed by atoms with Gasteiger partial charge in [-0.25, -0.2) is 0 Å². The molecule has 0 bridgehead atoms. The second-order valence-corrected chi connectivity index (χ2v) is 8.00. The van der Waals surface area contributed by atoms with Gasteiger partial charge in [0.1, 0.15) is 12.4 Å². The quantitative estimate of drug-likeness (QED) is 0.395. The predicted molar refractivity (Wildman–Crippen MR) is 126 cm³/mol. The highest BCUT2D eigenvalue weighted by molar-refractivity contribution is 6.33. The van der Waals surface area contributed by atoms with Gasteiger partial charge in [0.25, 0.3) is 5.91 Å². The van der Waals surface area contributed by atoms with Crippen molar-refractivity contribution in [3.05, 3.63) is 70.7 Å². The van der Waals surface area contributed by atoms with Crippen LogP contribution in [-0.4, -0.2) is 45.0 Å². The van der Waals surface area contributed by atoms with Crippen LogP contribution in [0.5, 0.6) is 11.6 Å². The van der Waals surface area contributed by atoms with E-state index in [1.54, 1.807) is 29.6 Å². The lowest BCUT2D eigenvalue weighted by molar-refractivity contribution is -0.127. The molecule has 1 amide bonds. The summed E-state index contributed by atoms with van der Waals surface area (Å²) >= 11 is 6.29. The molecule has 0 radical (unpaired) electrons. The van der Waals surface area contributed by atoms with Gasteiger partial charge in [-0.1, -0.05) is 29.8 Å². The van der Waals surface area contributed by atoms with Crippen molar-refractivity contribution in [3.63, 3.8) is 0 Å². The standard InChI is InChI=1S/C24H24ClN5O3/c1-15-8-9-18(14-16(15)2)33-17(3)24(31)26-12-13-32-22-11-10-21-27-28-23(30(21)29-22)19-6-4-5-7-20(19)25/h4-11,14,17H,12-13H2,1-3H3,(H,26,31). The van der Waals surface area contributed by atoms with Gasteiger partial charge in [0, 0.05) is 11.6 Å². The summed E-state index contributed by atoms with van der Waals surface area (Å²) < 4.78 is 13.0. The molecule has 4 rings (SSSR count). The van der Waals surface area contributed by atoms with E-state index in [1.807, 2.05) is 50.2 Å². The van der Waals surface area contributed by atoms with E-state index in [9.17, 15) is 4.79 Å².